The summed E-state index contributed by atoms with van der Waals surface area (Å²) >= 11 is 3.32. The van der Waals surface area contributed by atoms with Gasteiger partial charge in [-0.05, 0) is 41.9 Å². The second-order valence-corrected chi connectivity index (χ2v) is 5.66. The second kappa shape index (κ2) is 5.67. The van der Waals surface area contributed by atoms with Crippen molar-refractivity contribution in [1.82, 2.24) is 15.0 Å². The monoisotopic (exact) mass is 341 g/mol. The average Bonchev–Trinajstić information content (AvgIpc) is 2.99. The molecule has 0 N–H and O–H groups in total. The number of nitrogens with zero attached hydrogens (tertiary/aromatic N) is 3. The summed E-state index contributed by atoms with van der Waals surface area (Å²) in [6, 6.07) is 3.81. The Labute approximate surface area is 125 Å². The molecule has 7 heteroatoms. The van der Waals surface area contributed by atoms with Crippen molar-refractivity contribution in [2.75, 3.05) is 13.2 Å². The van der Waals surface area contributed by atoms with Gasteiger partial charge in [0.15, 0.2) is 10.5 Å². The molecule has 0 unspecified atom stereocenters. The minimum atomic E-state index is -0.0474. The number of halogens is 1. The van der Waals surface area contributed by atoms with E-state index >= 15 is 0 Å². The number of hydrogen-bond acceptors (Lipinski definition) is 6. The van der Waals surface area contributed by atoms with E-state index in [4.69, 9.17) is 13.7 Å². The van der Waals surface area contributed by atoms with Crippen LogP contribution in [-0.4, -0.2) is 34.3 Å². The van der Waals surface area contributed by atoms with Crippen LogP contribution >= 0.6 is 15.9 Å². The van der Waals surface area contributed by atoms with Crippen LogP contribution in [0.2, 0.25) is 0 Å². The van der Waals surface area contributed by atoms with E-state index in [-0.39, 0.29) is 12.1 Å². The molecule has 0 spiro atoms. The molecule has 20 heavy (non-hydrogen) atoms. The third-order valence-electron chi connectivity index (χ3n) is 3.38. The number of furan rings is 1. The Hall–Kier alpha value is -1.18. The first kappa shape index (κ1) is 13.8. The Morgan fingerprint density at radius 3 is 2.95 bits per heavy atom. The van der Waals surface area contributed by atoms with E-state index in [0.29, 0.717) is 24.9 Å². The molecule has 2 aromatic heterocycles. The predicted octanol–water partition coefficient (Wildman–Crippen LogP) is 2.70. The van der Waals surface area contributed by atoms with Crippen LogP contribution in [0.25, 0.3) is 0 Å². The summed E-state index contributed by atoms with van der Waals surface area (Å²) in [6.07, 6.45) is 0.00185. The topological polar surface area (TPSA) is 64.5 Å². The molecule has 3 rings (SSSR count). The maximum atomic E-state index is 5.72. The molecule has 2 atom stereocenters. The third kappa shape index (κ3) is 2.79. The van der Waals surface area contributed by atoms with Crippen molar-refractivity contribution in [1.29, 1.82) is 0 Å². The molecule has 2 aromatic rings. The van der Waals surface area contributed by atoms with E-state index in [0.717, 1.165) is 17.0 Å². The number of ether oxygens (including phenoxy) is 1. The maximum Gasteiger partial charge on any atom is 0.246 e. The van der Waals surface area contributed by atoms with Crippen molar-refractivity contribution in [2.45, 2.75) is 32.5 Å². The lowest BCUT2D eigenvalue weighted by molar-refractivity contribution is -0.0781. The Morgan fingerprint density at radius 2 is 2.30 bits per heavy atom. The third-order valence-corrected chi connectivity index (χ3v) is 3.81. The highest BCUT2D eigenvalue weighted by Crippen LogP contribution is 2.30. The molecule has 108 valence electrons. The molecule has 1 saturated heterocycles. The lowest BCUT2D eigenvalue weighted by atomic mass is 10.1. The lowest BCUT2D eigenvalue weighted by Gasteiger charge is -2.37. The van der Waals surface area contributed by atoms with Crippen LogP contribution in [0.3, 0.4) is 0 Å². The molecule has 6 nitrogen and oxygen atoms in total. The van der Waals surface area contributed by atoms with E-state index in [1.807, 2.05) is 26.0 Å². The normalized spacial score (nSPS) is 24.1. The van der Waals surface area contributed by atoms with Crippen molar-refractivity contribution in [2.24, 2.45) is 0 Å². The van der Waals surface area contributed by atoms with E-state index in [1.54, 1.807) is 0 Å². The fourth-order valence-electron chi connectivity index (χ4n) is 2.49. The van der Waals surface area contributed by atoms with Gasteiger partial charge in [0, 0.05) is 6.54 Å². The van der Waals surface area contributed by atoms with Gasteiger partial charge < -0.3 is 13.7 Å². The smallest absolute Gasteiger partial charge is 0.246 e. The van der Waals surface area contributed by atoms with Gasteiger partial charge in [-0.1, -0.05) is 5.16 Å². The molecular weight excluding hydrogens is 326 g/mol. The first-order valence-electron chi connectivity index (χ1n) is 6.53. The second-order valence-electron chi connectivity index (χ2n) is 4.88. The predicted molar refractivity (Wildman–Crippen MR) is 74.0 cm³/mol. The Kier molecular flexibility index (Phi) is 3.91. The van der Waals surface area contributed by atoms with Crippen LogP contribution in [0.15, 0.2) is 25.7 Å². The highest BCUT2D eigenvalue weighted by atomic mass is 79.9. The van der Waals surface area contributed by atoms with Crippen LogP contribution in [0.5, 0.6) is 0 Å². The SMILES string of the molecule is Cc1noc([C@@H]2[C@@H](C)OCCN2Cc2ccc(Br)o2)n1. The molecule has 0 radical (unpaired) electrons. The van der Waals surface area contributed by atoms with Gasteiger partial charge in [0.25, 0.3) is 0 Å². The van der Waals surface area contributed by atoms with E-state index < -0.39 is 0 Å². The van der Waals surface area contributed by atoms with Gasteiger partial charge in [0.2, 0.25) is 5.89 Å². The van der Waals surface area contributed by atoms with Crippen molar-refractivity contribution in [3.05, 3.63) is 34.3 Å². The first-order chi connectivity index (χ1) is 9.63. The Balaban J connectivity index is 1.82. The summed E-state index contributed by atoms with van der Waals surface area (Å²) in [5, 5.41) is 3.87. The quantitative estimate of drug-likeness (QED) is 0.855. The summed E-state index contributed by atoms with van der Waals surface area (Å²) in [6.45, 7) is 6.01. The lowest BCUT2D eigenvalue weighted by Crippen LogP contribution is -2.43. The molecule has 1 aliphatic heterocycles. The van der Waals surface area contributed by atoms with E-state index in [9.17, 15) is 0 Å². The molecule has 0 amide bonds. The van der Waals surface area contributed by atoms with Gasteiger partial charge in [-0.15, -0.1) is 0 Å². The highest BCUT2D eigenvalue weighted by Gasteiger charge is 2.35. The van der Waals surface area contributed by atoms with Gasteiger partial charge >= 0.3 is 0 Å². The Bertz CT molecular complexity index is 583. The molecule has 3 heterocycles. The maximum absolute atomic E-state index is 5.72. The number of aryl methyl sites for hydroxylation is 1. The van der Waals surface area contributed by atoms with Crippen LogP contribution in [0.1, 0.15) is 30.4 Å². The zero-order chi connectivity index (χ0) is 14.1. The standard InChI is InChI=1S/C13H16BrN3O3/c1-8-12(13-15-9(2)16-20-13)17(5-6-18-8)7-10-3-4-11(14)19-10/h3-4,8,12H,5-7H2,1-2H3/t8-,12+/m1/s1. The van der Waals surface area contributed by atoms with E-state index in [1.165, 1.54) is 0 Å². The van der Waals surface area contributed by atoms with Crippen LogP contribution in [-0.2, 0) is 11.3 Å². The molecular formula is C13H16BrN3O3. The molecule has 0 saturated carbocycles. The minimum absolute atomic E-state index is 0.00185. The van der Waals surface area contributed by atoms with Crippen molar-refractivity contribution >= 4 is 15.9 Å². The summed E-state index contributed by atoms with van der Waals surface area (Å²) in [4.78, 5) is 6.58. The van der Waals surface area contributed by atoms with Gasteiger partial charge in [-0.2, -0.15) is 4.98 Å². The Morgan fingerprint density at radius 1 is 1.45 bits per heavy atom. The van der Waals surface area contributed by atoms with Gasteiger partial charge in [-0.25, -0.2) is 0 Å². The molecule has 0 bridgehead atoms. The van der Waals surface area contributed by atoms with Crippen LogP contribution in [0, 0.1) is 6.92 Å². The van der Waals surface area contributed by atoms with Crippen molar-refractivity contribution < 1.29 is 13.7 Å². The zero-order valence-electron chi connectivity index (χ0n) is 11.4. The van der Waals surface area contributed by atoms with Crippen LogP contribution in [0.4, 0.5) is 0 Å². The summed E-state index contributed by atoms with van der Waals surface area (Å²) in [5.74, 6) is 2.13. The highest BCUT2D eigenvalue weighted by molar-refractivity contribution is 9.10. The summed E-state index contributed by atoms with van der Waals surface area (Å²) in [7, 11) is 0. The molecule has 1 fully saturated rings. The number of morpholine rings is 1. The number of hydrogen-bond donors (Lipinski definition) is 0. The number of aromatic nitrogens is 2. The number of rotatable bonds is 3. The average molecular weight is 342 g/mol. The summed E-state index contributed by atoms with van der Waals surface area (Å²) < 4.78 is 17.4. The van der Waals surface area contributed by atoms with E-state index in [2.05, 4.69) is 31.0 Å². The molecule has 1 aliphatic rings. The minimum Gasteiger partial charge on any atom is -0.453 e. The van der Waals surface area contributed by atoms with Crippen LogP contribution < -0.4 is 0 Å². The van der Waals surface area contributed by atoms with Crippen molar-refractivity contribution in [3.63, 3.8) is 0 Å². The largest absolute Gasteiger partial charge is 0.453 e. The summed E-state index contributed by atoms with van der Waals surface area (Å²) in [5.41, 5.74) is 0. The molecule has 0 aliphatic carbocycles. The van der Waals surface area contributed by atoms with Gasteiger partial charge in [0.05, 0.1) is 19.3 Å². The fourth-order valence-corrected chi connectivity index (χ4v) is 2.83. The first-order valence-corrected chi connectivity index (χ1v) is 7.33. The fraction of sp³-hybridized carbons (Fsp3) is 0.538. The van der Waals surface area contributed by atoms with Gasteiger partial charge in [0.1, 0.15) is 11.8 Å². The van der Waals surface area contributed by atoms with Gasteiger partial charge in [-0.3, -0.25) is 4.90 Å². The zero-order valence-corrected chi connectivity index (χ0v) is 13.0. The molecule has 0 aromatic carbocycles. The van der Waals surface area contributed by atoms with Crippen molar-refractivity contribution in [3.8, 4) is 0 Å².